The minimum Gasteiger partial charge on any atom is -0.366 e. The van der Waals surface area contributed by atoms with Crippen LogP contribution in [0.25, 0.3) is 0 Å². The number of hydrogen-bond donors (Lipinski definition) is 2. The standard InChI is InChI=1S/C21H25ClN4O3S2/c22-18-9-8-16(11-19(18)31(23,28)29)21(27)14-30-20(25-13-15-5-4-10-24-12-15)26(21)17-6-2-1-3-7-17/h4-5,8-12,17,27H,1-3,6-7,13-14H2,(H2,23,28,29). The van der Waals surface area contributed by atoms with E-state index in [0.29, 0.717) is 17.9 Å². The van der Waals surface area contributed by atoms with Gasteiger partial charge in [-0.05, 0) is 36.6 Å². The molecular weight excluding hydrogens is 456 g/mol. The number of aliphatic imine (C=N–C) groups is 1. The van der Waals surface area contributed by atoms with Gasteiger partial charge in [-0.1, -0.05) is 54.8 Å². The van der Waals surface area contributed by atoms with Gasteiger partial charge in [0.05, 0.1) is 17.3 Å². The number of sulfonamides is 1. The van der Waals surface area contributed by atoms with Gasteiger partial charge in [-0.25, -0.2) is 13.6 Å². The molecule has 1 saturated carbocycles. The molecule has 0 bridgehead atoms. The average Bonchev–Trinajstić information content (AvgIpc) is 3.10. The third kappa shape index (κ3) is 4.75. The number of nitrogens with two attached hydrogens (primary N) is 1. The third-order valence-electron chi connectivity index (χ3n) is 5.77. The molecule has 1 unspecified atom stereocenters. The first kappa shape index (κ1) is 22.5. The van der Waals surface area contributed by atoms with Gasteiger partial charge in [-0.2, -0.15) is 0 Å². The summed E-state index contributed by atoms with van der Waals surface area (Å²) in [5, 5.41) is 18.0. The lowest BCUT2D eigenvalue weighted by Crippen LogP contribution is -2.51. The monoisotopic (exact) mass is 480 g/mol. The van der Waals surface area contributed by atoms with Crippen LogP contribution < -0.4 is 5.14 Å². The predicted octanol–water partition coefficient (Wildman–Crippen LogP) is 3.47. The van der Waals surface area contributed by atoms with Gasteiger partial charge in [0.25, 0.3) is 0 Å². The third-order valence-corrected chi connectivity index (χ3v) is 8.29. The Labute approximate surface area is 191 Å². The number of hydrogen-bond acceptors (Lipinski definition) is 6. The highest BCUT2D eigenvalue weighted by Gasteiger charge is 2.48. The maximum absolute atomic E-state index is 12.0. The van der Waals surface area contributed by atoms with Crippen molar-refractivity contribution in [2.45, 2.75) is 55.3 Å². The topological polar surface area (TPSA) is 109 Å². The Hall–Kier alpha value is -1.65. The van der Waals surface area contributed by atoms with E-state index in [4.69, 9.17) is 21.7 Å². The summed E-state index contributed by atoms with van der Waals surface area (Å²) in [6.07, 6.45) is 8.74. The van der Waals surface area contributed by atoms with Crippen molar-refractivity contribution in [2.24, 2.45) is 10.1 Å². The molecule has 2 aromatic rings. The van der Waals surface area contributed by atoms with Gasteiger partial charge in [0.2, 0.25) is 10.0 Å². The Bertz CT molecular complexity index is 1080. The van der Waals surface area contributed by atoms with Gasteiger partial charge in [-0.15, -0.1) is 0 Å². The molecule has 1 saturated heterocycles. The normalized spacial score (nSPS) is 24.1. The fourth-order valence-electron chi connectivity index (χ4n) is 4.23. The van der Waals surface area contributed by atoms with Crippen LogP contribution in [0.2, 0.25) is 5.02 Å². The van der Waals surface area contributed by atoms with E-state index >= 15 is 0 Å². The molecule has 1 aromatic carbocycles. The Morgan fingerprint density at radius 3 is 2.74 bits per heavy atom. The summed E-state index contributed by atoms with van der Waals surface area (Å²) in [6, 6.07) is 8.48. The zero-order chi connectivity index (χ0) is 22.1. The summed E-state index contributed by atoms with van der Waals surface area (Å²) >= 11 is 7.55. The van der Waals surface area contributed by atoms with Gasteiger partial charge >= 0.3 is 0 Å². The van der Waals surface area contributed by atoms with E-state index in [1.54, 1.807) is 18.5 Å². The molecule has 166 valence electrons. The molecule has 3 N–H and O–H groups in total. The van der Waals surface area contributed by atoms with Crippen molar-refractivity contribution >= 4 is 38.6 Å². The molecule has 0 spiro atoms. The minimum atomic E-state index is -4.02. The Kier molecular flexibility index (Phi) is 6.60. The molecule has 31 heavy (non-hydrogen) atoms. The Balaban J connectivity index is 1.73. The summed E-state index contributed by atoms with van der Waals surface area (Å²) in [5.41, 5.74) is 0.0352. The van der Waals surface area contributed by atoms with Crippen molar-refractivity contribution in [1.82, 2.24) is 9.88 Å². The first-order valence-corrected chi connectivity index (χ1v) is 13.1. The number of primary sulfonamides is 1. The lowest BCUT2D eigenvalue weighted by atomic mass is 9.91. The number of rotatable bonds is 5. The molecule has 7 nitrogen and oxygen atoms in total. The van der Waals surface area contributed by atoms with Crippen LogP contribution in [-0.2, 0) is 22.3 Å². The number of pyridine rings is 1. The van der Waals surface area contributed by atoms with Crippen molar-refractivity contribution in [3.8, 4) is 0 Å². The van der Waals surface area contributed by atoms with Gasteiger partial charge < -0.3 is 10.0 Å². The van der Waals surface area contributed by atoms with Crippen LogP contribution in [0, 0.1) is 0 Å². The molecule has 1 aliphatic carbocycles. The number of halogens is 1. The first-order valence-electron chi connectivity index (χ1n) is 10.2. The lowest BCUT2D eigenvalue weighted by Gasteiger charge is -2.42. The number of aromatic nitrogens is 1. The molecule has 2 aliphatic rings. The van der Waals surface area contributed by atoms with E-state index in [1.165, 1.54) is 30.3 Å². The van der Waals surface area contributed by atoms with Gasteiger partial charge in [0.15, 0.2) is 10.9 Å². The maximum Gasteiger partial charge on any atom is 0.239 e. The quantitative estimate of drug-likeness (QED) is 0.678. The van der Waals surface area contributed by atoms with Crippen LogP contribution in [0.5, 0.6) is 0 Å². The molecule has 1 aromatic heterocycles. The van der Waals surface area contributed by atoms with Crippen LogP contribution in [0.3, 0.4) is 0 Å². The molecule has 10 heteroatoms. The number of benzene rings is 1. The second-order valence-corrected chi connectivity index (χ2v) is 10.8. The highest BCUT2D eigenvalue weighted by atomic mass is 35.5. The minimum absolute atomic E-state index is 0.0372. The largest absolute Gasteiger partial charge is 0.366 e. The van der Waals surface area contributed by atoms with Gasteiger partial charge in [0.1, 0.15) is 4.90 Å². The van der Waals surface area contributed by atoms with Crippen LogP contribution in [0.1, 0.15) is 43.2 Å². The first-order chi connectivity index (χ1) is 14.8. The summed E-state index contributed by atoms with van der Waals surface area (Å²) in [5.74, 6) is 0.334. The molecule has 0 radical (unpaired) electrons. The van der Waals surface area contributed by atoms with E-state index in [1.807, 2.05) is 17.0 Å². The van der Waals surface area contributed by atoms with Crippen LogP contribution in [0.4, 0.5) is 0 Å². The highest BCUT2D eigenvalue weighted by molar-refractivity contribution is 8.14. The average molecular weight is 481 g/mol. The van der Waals surface area contributed by atoms with E-state index in [2.05, 4.69) is 4.98 Å². The molecule has 0 amide bonds. The van der Waals surface area contributed by atoms with Crippen molar-refractivity contribution in [1.29, 1.82) is 0 Å². The lowest BCUT2D eigenvalue weighted by molar-refractivity contribution is -0.0736. The summed E-state index contributed by atoms with van der Waals surface area (Å²) in [6.45, 7) is 0.457. The van der Waals surface area contributed by atoms with Crippen molar-refractivity contribution in [3.63, 3.8) is 0 Å². The van der Waals surface area contributed by atoms with E-state index in [9.17, 15) is 13.5 Å². The second kappa shape index (κ2) is 9.07. The number of amidine groups is 1. The smallest absolute Gasteiger partial charge is 0.239 e. The molecule has 2 heterocycles. The summed E-state index contributed by atoms with van der Waals surface area (Å²) < 4.78 is 24.0. The zero-order valence-corrected chi connectivity index (χ0v) is 19.3. The highest BCUT2D eigenvalue weighted by Crippen LogP contribution is 2.44. The van der Waals surface area contributed by atoms with E-state index in [0.717, 1.165) is 36.4 Å². The van der Waals surface area contributed by atoms with Crippen molar-refractivity contribution < 1.29 is 13.5 Å². The van der Waals surface area contributed by atoms with Gasteiger partial charge in [0, 0.05) is 24.0 Å². The molecular formula is C21H25ClN4O3S2. The van der Waals surface area contributed by atoms with E-state index in [-0.39, 0.29) is 16.0 Å². The summed E-state index contributed by atoms with van der Waals surface area (Å²) in [4.78, 5) is 10.7. The van der Waals surface area contributed by atoms with Crippen LogP contribution in [0.15, 0.2) is 52.6 Å². The van der Waals surface area contributed by atoms with Gasteiger partial charge in [-0.3, -0.25) is 9.98 Å². The Morgan fingerprint density at radius 1 is 1.29 bits per heavy atom. The fourth-order valence-corrected chi connectivity index (χ4v) is 6.53. The number of nitrogens with zero attached hydrogens (tertiary/aromatic N) is 3. The van der Waals surface area contributed by atoms with Crippen LogP contribution in [-0.4, -0.2) is 40.4 Å². The Morgan fingerprint density at radius 2 is 2.06 bits per heavy atom. The van der Waals surface area contributed by atoms with Crippen LogP contribution >= 0.6 is 23.4 Å². The molecule has 4 rings (SSSR count). The molecule has 1 aliphatic heterocycles. The second-order valence-electron chi connectivity index (χ2n) is 7.92. The molecule has 1 atom stereocenters. The van der Waals surface area contributed by atoms with Crippen molar-refractivity contribution in [2.75, 3.05) is 5.75 Å². The maximum atomic E-state index is 12.0. The number of thioether (sulfide) groups is 1. The SMILES string of the molecule is NS(=O)(=O)c1cc(C2(O)CSC(=NCc3cccnc3)N2C2CCCCC2)ccc1Cl. The summed E-state index contributed by atoms with van der Waals surface area (Å²) in [7, 11) is -4.02. The zero-order valence-electron chi connectivity index (χ0n) is 16.9. The number of aliphatic hydroxyl groups is 1. The fraction of sp³-hybridized carbons (Fsp3) is 0.429. The molecule has 2 fully saturated rings. The van der Waals surface area contributed by atoms with E-state index < -0.39 is 15.7 Å². The predicted molar refractivity (Wildman–Crippen MR) is 123 cm³/mol. The van der Waals surface area contributed by atoms with Crippen molar-refractivity contribution in [3.05, 3.63) is 58.9 Å².